The summed E-state index contributed by atoms with van der Waals surface area (Å²) < 4.78 is 1.91. The Balaban J connectivity index is 2.08. The minimum atomic E-state index is -0.448. The van der Waals surface area contributed by atoms with Gasteiger partial charge in [0, 0.05) is 35.8 Å². The van der Waals surface area contributed by atoms with E-state index in [1.807, 2.05) is 11.8 Å². The first-order valence-corrected chi connectivity index (χ1v) is 7.95. The number of fused-ring (bicyclic) bond motifs is 1. The van der Waals surface area contributed by atoms with Crippen LogP contribution in [0.3, 0.4) is 0 Å². The summed E-state index contributed by atoms with van der Waals surface area (Å²) >= 11 is 7.18. The molecule has 1 atom stereocenters. The first kappa shape index (κ1) is 15.0. The largest absolute Gasteiger partial charge is 0.342 e. The summed E-state index contributed by atoms with van der Waals surface area (Å²) in [6.45, 7) is 2.91. The zero-order valence-electron chi connectivity index (χ0n) is 11.7. The topological polar surface area (TPSA) is 81.3 Å². The maximum atomic E-state index is 12.0. The molecule has 0 amide bonds. The van der Waals surface area contributed by atoms with Crippen LogP contribution in [0.1, 0.15) is 18.2 Å². The van der Waals surface area contributed by atoms with Crippen molar-refractivity contribution in [1.82, 2.24) is 9.55 Å². The van der Waals surface area contributed by atoms with E-state index in [-0.39, 0.29) is 17.3 Å². The van der Waals surface area contributed by atoms with Gasteiger partial charge in [-0.05, 0) is 6.42 Å². The van der Waals surface area contributed by atoms with Crippen LogP contribution in [0.15, 0.2) is 23.1 Å². The first-order valence-electron chi connectivity index (χ1n) is 6.76. The number of hydrogen-bond acceptors (Lipinski definition) is 6. The van der Waals surface area contributed by atoms with E-state index in [4.69, 9.17) is 11.6 Å². The van der Waals surface area contributed by atoms with Gasteiger partial charge in [-0.1, -0.05) is 18.5 Å². The van der Waals surface area contributed by atoms with Gasteiger partial charge in [-0.15, -0.1) is 11.3 Å². The molecule has 116 valence electrons. The van der Waals surface area contributed by atoms with Crippen LogP contribution in [0, 0.1) is 10.1 Å². The second-order valence-corrected chi connectivity index (χ2v) is 6.71. The summed E-state index contributed by atoms with van der Waals surface area (Å²) in [4.78, 5) is 29.7. The summed E-state index contributed by atoms with van der Waals surface area (Å²) in [6, 6.07) is 2.56. The summed E-state index contributed by atoms with van der Waals surface area (Å²) in [6.07, 6.45) is 2.44. The van der Waals surface area contributed by atoms with Gasteiger partial charge in [0.1, 0.15) is 0 Å². The molecule has 0 aromatic carbocycles. The SMILES string of the molecule is CCC1Cn2c(c([N+](=O)[O-])ccc2=O)N1Cc1cnc(Cl)s1. The molecule has 1 unspecified atom stereocenters. The molecule has 1 aliphatic heterocycles. The van der Waals surface area contributed by atoms with Gasteiger partial charge in [-0.2, -0.15) is 0 Å². The monoisotopic (exact) mass is 340 g/mol. The van der Waals surface area contributed by atoms with E-state index in [0.717, 1.165) is 11.3 Å². The molecule has 0 saturated carbocycles. The van der Waals surface area contributed by atoms with Crippen molar-refractivity contribution < 1.29 is 4.92 Å². The van der Waals surface area contributed by atoms with Crippen LogP contribution >= 0.6 is 22.9 Å². The molecule has 2 aromatic rings. The Bertz CT molecular complexity index is 788. The number of aromatic nitrogens is 2. The molecule has 0 radical (unpaired) electrons. The number of thiazole rings is 1. The molecule has 0 saturated heterocycles. The highest BCUT2D eigenvalue weighted by molar-refractivity contribution is 7.15. The lowest BCUT2D eigenvalue weighted by atomic mass is 10.2. The lowest BCUT2D eigenvalue weighted by Gasteiger charge is -2.24. The normalized spacial score (nSPS) is 16.8. The molecule has 9 heteroatoms. The fourth-order valence-corrected chi connectivity index (χ4v) is 3.72. The van der Waals surface area contributed by atoms with E-state index in [1.54, 1.807) is 6.20 Å². The lowest BCUT2D eigenvalue weighted by Crippen LogP contribution is -2.30. The van der Waals surface area contributed by atoms with E-state index in [9.17, 15) is 14.9 Å². The number of anilines is 1. The fraction of sp³-hybridized carbons (Fsp3) is 0.385. The third-order valence-electron chi connectivity index (χ3n) is 3.76. The van der Waals surface area contributed by atoms with Gasteiger partial charge in [0.15, 0.2) is 10.3 Å². The van der Waals surface area contributed by atoms with Crippen LogP contribution in [0.25, 0.3) is 0 Å². The highest BCUT2D eigenvalue weighted by Gasteiger charge is 2.35. The van der Waals surface area contributed by atoms with Gasteiger partial charge < -0.3 is 4.90 Å². The van der Waals surface area contributed by atoms with Crippen molar-refractivity contribution in [1.29, 1.82) is 0 Å². The maximum absolute atomic E-state index is 12.0. The Morgan fingerprint density at radius 1 is 1.55 bits per heavy atom. The third kappa shape index (κ3) is 2.48. The lowest BCUT2D eigenvalue weighted by molar-refractivity contribution is -0.384. The van der Waals surface area contributed by atoms with Crippen LogP contribution in [-0.2, 0) is 13.1 Å². The minimum absolute atomic E-state index is 0.0367. The second-order valence-electron chi connectivity index (χ2n) is 5.02. The summed E-state index contributed by atoms with van der Waals surface area (Å²) in [5.41, 5.74) is -0.268. The second kappa shape index (κ2) is 5.69. The molecule has 0 bridgehead atoms. The standard InChI is InChI=1S/C13H13ClN4O3S/c1-2-8-6-17-11(19)4-3-10(18(20)21)12(17)16(8)7-9-5-15-13(14)22-9/h3-5,8H,2,6-7H2,1H3. The van der Waals surface area contributed by atoms with Crippen molar-refractivity contribution in [2.75, 3.05) is 4.90 Å². The Kier molecular flexibility index (Phi) is 3.88. The van der Waals surface area contributed by atoms with Crippen LogP contribution < -0.4 is 10.5 Å². The predicted molar refractivity (Wildman–Crippen MR) is 84.7 cm³/mol. The zero-order chi connectivity index (χ0) is 15.9. The van der Waals surface area contributed by atoms with Crippen LogP contribution in [0.5, 0.6) is 0 Å². The predicted octanol–water partition coefficient (Wildman–Crippen LogP) is 2.67. The number of nitrogens with zero attached hydrogens (tertiary/aromatic N) is 4. The maximum Gasteiger partial charge on any atom is 0.310 e. The quantitative estimate of drug-likeness (QED) is 0.631. The minimum Gasteiger partial charge on any atom is -0.342 e. The molecule has 1 aliphatic rings. The van der Waals surface area contributed by atoms with Crippen molar-refractivity contribution >= 4 is 34.4 Å². The van der Waals surface area contributed by atoms with Gasteiger partial charge in [-0.3, -0.25) is 19.5 Å². The van der Waals surface area contributed by atoms with Crippen molar-refractivity contribution in [3.63, 3.8) is 0 Å². The average molecular weight is 341 g/mol. The first-order chi connectivity index (χ1) is 10.5. The summed E-state index contributed by atoms with van der Waals surface area (Å²) in [5, 5.41) is 11.3. The van der Waals surface area contributed by atoms with Crippen molar-refractivity contribution in [2.45, 2.75) is 32.5 Å². The Labute approximate surface area is 134 Å². The van der Waals surface area contributed by atoms with Crippen LogP contribution in [0.4, 0.5) is 11.5 Å². The van der Waals surface area contributed by atoms with Gasteiger partial charge in [0.2, 0.25) is 0 Å². The zero-order valence-corrected chi connectivity index (χ0v) is 13.3. The van der Waals surface area contributed by atoms with E-state index < -0.39 is 4.92 Å². The van der Waals surface area contributed by atoms with Crippen LogP contribution in [0.2, 0.25) is 4.47 Å². The molecule has 3 rings (SSSR count). The molecular formula is C13H13ClN4O3S. The number of nitro groups is 1. The molecule has 7 nitrogen and oxygen atoms in total. The Morgan fingerprint density at radius 2 is 2.32 bits per heavy atom. The van der Waals surface area contributed by atoms with Gasteiger partial charge in [-0.25, -0.2) is 4.98 Å². The van der Waals surface area contributed by atoms with Gasteiger partial charge >= 0.3 is 5.69 Å². The van der Waals surface area contributed by atoms with Gasteiger partial charge in [0.25, 0.3) is 5.56 Å². The highest BCUT2D eigenvalue weighted by Crippen LogP contribution is 2.36. The van der Waals surface area contributed by atoms with Gasteiger partial charge in [0.05, 0.1) is 11.5 Å². The summed E-state index contributed by atoms with van der Waals surface area (Å²) in [5.74, 6) is 0.369. The van der Waals surface area contributed by atoms with Crippen molar-refractivity contribution in [3.05, 3.63) is 48.1 Å². The molecule has 3 heterocycles. The summed E-state index contributed by atoms with van der Waals surface area (Å²) in [7, 11) is 0. The number of halogens is 1. The highest BCUT2D eigenvalue weighted by atomic mass is 35.5. The average Bonchev–Trinajstić information content (AvgIpc) is 3.04. The van der Waals surface area contributed by atoms with E-state index in [1.165, 1.54) is 28.0 Å². The molecular weight excluding hydrogens is 328 g/mol. The molecule has 2 aromatic heterocycles. The van der Waals surface area contributed by atoms with E-state index in [2.05, 4.69) is 4.98 Å². The van der Waals surface area contributed by atoms with Crippen molar-refractivity contribution in [2.24, 2.45) is 0 Å². The van der Waals surface area contributed by atoms with Crippen LogP contribution in [-0.4, -0.2) is 20.5 Å². The Morgan fingerprint density at radius 3 is 2.91 bits per heavy atom. The fourth-order valence-electron chi connectivity index (χ4n) is 2.74. The smallest absolute Gasteiger partial charge is 0.310 e. The number of hydrogen-bond donors (Lipinski definition) is 0. The van der Waals surface area contributed by atoms with Crippen molar-refractivity contribution in [3.8, 4) is 0 Å². The number of pyridine rings is 1. The Hall–Kier alpha value is -1.93. The molecule has 0 fully saturated rings. The molecule has 0 spiro atoms. The third-order valence-corrected chi connectivity index (χ3v) is 4.86. The number of rotatable bonds is 4. The molecule has 0 aliphatic carbocycles. The van der Waals surface area contributed by atoms with E-state index >= 15 is 0 Å². The molecule has 0 N–H and O–H groups in total. The molecule has 22 heavy (non-hydrogen) atoms. The van der Waals surface area contributed by atoms with E-state index in [0.29, 0.717) is 23.4 Å².